The van der Waals surface area contributed by atoms with E-state index in [-0.39, 0.29) is 62.6 Å². The van der Waals surface area contributed by atoms with Crippen LogP contribution in [0.15, 0.2) is 12.5 Å². The van der Waals surface area contributed by atoms with Crippen LogP contribution in [0.2, 0.25) is 0 Å². The first-order valence-electron chi connectivity index (χ1n) is 4.63. The molecule has 0 radical (unpaired) electrons. The normalized spacial score (nSPS) is 17.8. The second-order valence-corrected chi connectivity index (χ2v) is 3.84. The molecule has 0 unspecified atom stereocenters. The van der Waals surface area contributed by atoms with E-state index in [2.05, 4.69) is 9.97 Å². The van der Waals surface area contributed by atoms with E-state index in [1.807, 2.05) is 0 Å². The zero-order chi connectivity index (χ0) is 11.1. The first-order valence-corrected chi connectivity index (χ1v) is 4.63. The van der Waals surface area contributed by atoms with Gasteiger partial charge < -0.3 is 18.1 Å². The summed E-state index contributed by atoms with van der Waals surface area (Å²) in [5.41, 5.74) is -1.01. The molecule has 1 aliphatic carbocycles. The third-order valence-electron chi connectivity index (χ3n) is 2.40. The summed E-state index contributed by atoms with van der Waals surface area (Å²) in [7, 11) is 0. The molecule has 0 aliphatic heterocycles. The molecule has 1 aliphatic rings. The summed E-state index contributed by atoms with van der Waals surface area (Å²) >= 11 is 0. The Morgan fingerprint density at radius 3 is 2.50 bits per heavy atom. The zero-order valence-corrected chi connectivity index (χ0v) is 12.0. The van der Waals surface area contributed by atoms with E-state index in [4.69, 9.17) is 0 Å². The smallest absolute Gasteiger partial charge is 0.449 e. The van der Waals surface area contributed by atoms with Crippen LogP contribution in [0.5, 0.6) is 0 Å². The summed E-state index contributed by atoms with van der Waals surface area (Å²) in [5, 5.41) is 9.73. The van der Waals surface area contributed by atoms with Gasteiger partial charge in [-0.25, -0.2) is 9.97 Å². The first kappa shape index (κ1) is 14.6. The number of aliphatic hydroxyl groups is 1. The summed E-state index contributed by atoms with van der Waals surface area (Å²) in [5.74, 6) is 0. The molecule has 82 valence electrons. The van der Waals surface area contributed by atoms with Crippen molar-refractivity contribution in [3.8, 4) is 0 Å². The van der Waals surface area contributed by atoms with Crippen LogP contribution in [0.4, 0.5) is 12.9 Å². The molecular weight excluding hydrogens is 247 g/mol. The standard InChI is InChI=1S/C8H9BF3N2O.K/c10-9(11,12)3-6-4-13-5-14-7(6)8(15)1-2-8;/h4-5,15H,1-3H2;/q-1;+1. The Balaban J connectivity index is 0.00000128. The molecule has 1 heterocycles. The average molecular weight is 256 g/mol. The summed E-state index contributed by atoms with van der Waals surface area (Å²) in [6.07, 6.45) is 2.22. The van der Waals surface area contributed by atoms with Gasteiger partial charge >= 0.3 is 58.4 Å². The minimum absolute atomic E-state index is 0. The predicted molar refractivity (Wildman–Crippen MR) is 47.9 cm³/mol. The van der Waals surface area contributed by atoms with E-state index in [1.54, 1.807) is 0 Å². The van der Waals surface area contributed by atoms with Crippen LogP contribution in [-0.4, -0.2) is 22.1 Å². The monoisotopic (exact) mass is 256 g/mol. The Bertz CT molecular complexity index is 384. The fraction of sp³-hybridized carbons (Fsp3) is 0.500. The maximum atomic E-state index is 12.3. The van der Waals surface area contributed by atoms with Gasteiger partial charge in [0.15, 0.2) is 0 Å². The second kappa shape index (κ2) is 5.03. The number of aromatic nitrogens is 2. The van der Waals surface area contributed by atoms with Crippen molar-refractivity contribution in [3.05, 3.63) is 23.8 Å². The van der Waals surface area contributed by atoms with Crippen LogP contribution < -0.4 is 51.4 Å². The van der Waals surface area contributed by atoms with Crippen molar-refractivity contribution in [2.24, 2.45) is 0 Å². The Morgan fingerprint density at radius 2 is 2.00 bits per heavy atom. The van der Waals surface area contributed by atoms with Gasteiger partial charge in [0.2, 0.25) is 0 Å². The Kier molecular flexibility index (Phi) is 4.59. The van der Waals surface area contributed by atoms with E-state index in [9.17, 15) is 18.1 Å². The largest absolute Gasteiger partial charge is 1.00 e. The molecule has 1 N–H and O–H groups in total. The van der Waals surface area contributed by atoms with Gasteiger partial charge in [0, 0.05) is 6.20 Å². The Hall–Kier alpha value is 0.531. The fourth-order valence-electron chi connectivity index (χ4n) is 1.53. The van der Waals surface area contributed by atoms with Crippen molar-refractivity contribution in [1.29, 1.82) is 0 Å². The van der Waals surface area contributed by atoms with Gasteiger partial charge in [-0.05, 0) is 18.4 Å². The van der Waals surface area contributed by atoms with Crippen molar-refractivity contribution in [1.82, 2.24) is 9.97 Å². The van der Waals surface area contributed by atoms with Crippen molar-refractivity contribution in [3.63, 3.8) is 0 Å². The van der Waals surface area contributed by atoms with Crippen LogP contribution in [0, 0.1) is 0 Å². The molecule has 0 atom stereocenters. The molecule has 0 bridgehead atoms. The Morgan fingerprint density at radius 1 is 1.38 bits per heavy atom. The number of hydrogen-bond acceptors (Lipinski definition) is 3. The van der Waals surface area contributed by atoms with Gasteiger partial charge in [0.25, 0.3) is 0 Å². The molecule has 16 heavy (non-hydrogen) atoms. The molecule has 0 aromatic carbocycles. The minimum Gasteiger partial charge on any atom is -0.449 e. The second-order valence-electron chi connectivity index (χ2n) is 3.84. The summed E-state index contributed by atoms with van der Waals surface area (Å²) in [6, 6.07) is 0. The maximum absolute atomic E-state index is 12.3. The minimum atomic E-state index is -4.92. The molecule has 8 heteroatoms. The van der Waals surface area contributed by atoms with Crippen LogP contribution in [0.1, 0.15) is 24.1 Å². The maximum Gasteiger partial charge on any atom is 1.00 e. The molecule has 0 spiro atoms. The van der Waals surface area contributed by atoms with Crippen LogP contribution >= 0.6 is 0 Å². The SMILES string of the molecule is OC1(c2ncncc2C[B-](F)(F)F)CC1.[K+]. The molecule has 1 aromatic rings. The number of hydrogen-bond donors (Lipinski definition) is 1. The van der Waals surface area contributed by atoms with E-state index in [0.717, 1.165) is 6.20 Å². The summed E-state index contributed by atoms with van der Waals surface area (Å²) in [4.78, 5) is 7.30. The fourth-order valence-corrected chi connectivity index (χ4v) is 1.53. The van der Waals surface area contributed by atoms with Crippen molar-refractivity contribution < 1.29 is 69.4 Å². The molecule has 0 amide bonds. The first-order chi connectivity index (χ1) is 6.91. The molecule has 1 aromatic heterocycles. The van der Waals surface area contributed by atoms with Gasteiger partial charge in [-0.1, -0.05) is 6.32 Å². The van der Waals surface area contributed by atoms with Gasteiger partial charge in [0.05, 0.1) is 5.69 Å². The number of nitrogens with zero attached hydrogens (tertiary/aromatic N) is 2. The molecule has 1 fully saturated rings. The van der Waals surface area contributed by atoms with E-state index >= 15 is 0 Å². The van der Waals surface area contributed by atoms with Crippen LogP contribution in [-0.2, 0) is 11.9 Å². The van der Waals surface area contributed by atoms with Crippen LogP contribution in [0.25, 0.3) is 0 Å². The van der Waals surface area contributed by atoms with Crippen molar-refractivity contribution in [2.75, 3.05) is 0 Å². The van der Waals surface area contributed by atoms with Gasteiger partial charge in [-0.3, -0.25) is 0 Å². The third kappa shape index (κ3) is 3.51. The summed E-state index contributed by atoms with van der Waals surface area (Å²) in [6.45, 7) is -4.92. The van der Waals surface area contributed by atoms with E-state index in [1.165, 1.54) is 6.33 Å². The molecule has 2 rings (SSSR count). The number of halogens is 3. The van der Waals surface area contributed by atoms with Crippen molar-refractivity contribution >= 4 is 6.98 Å². The van der Waals surface area contributed by atoms with Crippen molar-refractivity contribution in [2.45, 2.75) is 24.8 Å². The molecular formula is C8H9BF3KN2O. The molecule has 1 saturated carbocycles. The van der Waals surface area contributed by atoms with E-state index in [0.29, 0.717) is 12.8 Å². The number of rotatable bonds is 3. The zero-order valence-electron chi connectivity index (χ0n) is 8.83. The Labute approximate surface area is 133 Å². The molecule has 0 saturated heterocycles. The van der Waals surface area contributed by atoms with Gasteiger partial charge in [-0.15, -0.1) is 0 Å². The average Bonchev–Trinajstić information content (AvgIpc) is 2.83. The third-order valence-corrected chi connectivity index (χ3v) is 2.40. The van der Waals surface area contributed by atoms with E-state index < -0.39 is 18.9 Å². The predicted octanol–water partition coefficient (Wildman–Crippen LogP) is -1.61. The molecule has 3 nitrogen and oxygen atoms in total. The van der Waals surface area contributed by atoms with Crippen LogP contribution in [0.3, 0.4) is 0 Å². The summed E-state index contributed by atoms with van der Waals surface area (Å²) < 4.78 is 36.8. The van der Waals surface area contributed by atoms with Gasteiger partial charge in [-0.2, -0.15) is 0 Å². The topological polar surface area (TPSA) is 46.0 Å². The quantitative estimate of drug-likeness (QED) is 0.662. The van der Waals surface area contributed by atoms with Gasteiger partial charge in [0.1, 0.15) is 11.9 Å².